The van der Waals surface area contributed by atoms with Gasteiger partial charge in [-0.15, -0.1) is 0 Å². The van der Waals surface area contributed by atoms with Gasteiger partial charge in [0.1, 0.15) is 12.4 Å². The van der Waals surface area contributed by atoms with Gasteiger partial charge in [-0.3, -0.25) is 4.79 Å². The Kier molecular flexibility index (Phi) is 5.39. The van der Waals surface area contributed by atoms with Crippen LogP contribution in [-0.4, -0.2) is 18.6 Å². The van der Waals surface area contributed by atoms with E-state index >= 15 is 0 Å². The van der Waals surface area contributed by atoms with Crippen LogP contribution < -0.4 is 15.8 Å². The van der Waals surface area contributed by atoms with Crippen LogP contribution in [-0.2, 0) is 11.3 Å². The normalized spacial score (nSPS) is 11.9. The van der Waals surface area contributed by atoms with Crippen LogP contribution in [0.2, 0.25) is 0 Å². The molecule has 0 aliphatic rings. The number of carbonyl (C=O) groups is 1. The fourth-order valence-electron chi connectivity index (χ4n) is 1.36. The van der Waals surface area contributed by atoms with Crippen LogP contribution in [0.25, 0.3) is 0 Å². The number of primary amides is 1. The number of ether oxygens (including phenoxy) is 1. The molecule has 0 bridgehead atoms. The average molecular weight is 248 g/mol. The number of hydrogen-bond donors (Lipinski definition) is 2. The Morgan fingerprint density at radius 3 is 2.78 bits per heavy atom. The Hall–Kier alpha value is -1.81. The quantitative estimate of drug-likeness (QED) is 0.720. The van der Waals surface area contributed by atoms with E-state index in [0.717, 1.165) is 16.9 Å². The van der Waals surface area contributed by atoms with Gasteiger partial charge in [-0.25, -0.2) is 0 Å². The summed E-state index contributed by atoms with van der Waals surface area (Å²) in [6, 6.07) is 7.33. The smallest absolute Gasteiger partial charge is 0.234 e. The van der Waals surface area contributed by atoms with Gasteiger partial charge in [0.15, 0.2) is 0 Å². The zero-order chi connectivity index (χ0) is 13.5. The molecule has 0 aliphatic carbocycles. The Bertz CT molecular complexity index is 430. The Labute approximate surface area is 108 Å². The SMILES string of the molecule is C=C(C)COc1ccccc1CN[C@@H](C)C(N)=O. The minimum atomic E-state index is -0.365. The average Bonchev–Trinajstić information content (AvgIpc) is 2.34. The number of hydrogen-bond acceptors (Lipinski definition) is 3. The number of nitrogens with two attached hydrogens (primary N) is 1. The first kappa shape index (κ1) is 14.3. The molecule has 1 amide bonds. The van der Waals surface area contributed by atoms with Crippen LogP contribution in [0.1, 0.15) is 19.4 Å². The van der Waals surface area contributed by atoms with Gasteiger partial charge in [0.2, 0.25) is 5.91 Å². The molecule has 1 atom stereocenters. The van der Waals surface area contributed by atoms with Crippen molar-refractivity contribution < 1.29 is 9.53 Å². The highest BCUT2D eigenvalue weighted by atomic mass is 16.5. The van der Waals surface area contributed by atoms with E-state index in [1.54, 1.807) is 6.92 Å². The standard InChI is InChI=1S/C14H20N2O2/c1-10(2)9-18-13-7-5-4-6-12(13)8-16-11(3)14(15)17/h4-7,11,16H,1,8-9H2,2-3H3,(H2,15,17)/t11-/m0/s1. The molecule has 3 N–H and O–H groups in total. The molecule has 0 aliphatic heterocycles. The maximum Gasteiger partial charge on any atom is 0.234 e. The Balaban J connectivity index is 2.64. The monoisotopic (exact) mass is 248 g/mol. The summed E-state index contributed by atoms with van der Waals surface area (Å²) in [6.45, 7) is 8.47. The Morgan fingerprint density at radius 1 is 1.50 bits per heavy atom. The van der Waals surface area contributed by atoms with Crippen molar-refractivity contribution in [1.29, 1.82) is 0 Å². The van der Waals surface area contributed by atoms with Crippen molar-refractivity contribution in [1.82, 2.24) is 5.32 Å². The molecule has 0 spiro atoms. The molecule has 0 fully saturated rings. The minimum Gasteiger partial charge on any atom is -0.489 e. The van der Waals surface area contributed by atoms with Gasteiger partial charge in [0.25, 0.3) is 0 Å². The van der Waals surface area contributed by atoms with Crippen LogP contribution in [0.5, 0.6) is 5.75 Å². The minimum absolute atomic E-state index is 0.362. The lowest BCUT2D eigenvalue weighted by Crippen LogP contribution is -2.38. The van der Waals surface area contributed by atoms with E-state index in [1.807, 2.05) is 31.2 Å². The summed E-state index contributed by atoms with van der Waals surface area (Å²) in [4.78, 5) is 10.9. The molecule has 0 saturated carbocycles. The molecule has 0 unspecified atom stereocenters. The van der Waals surface area contributed by atoms with Crippen molar-refractivity contribution in [3.8, 4) is 5.75 Å². The third-order valence-corrected chi connectivity index (χ3v) is 2.47. The molecule has 0 saturated heterocycles. The van der Waals surface area contributed by atoms with Crippen LogP contribution in [0, 0.1) is 0 Å². The van der Waals surface area contributed by atoms with Crippen molar-refractivity contribution in [2.45, 2.75) is 26.4 Å². The number of carbonyl (C=O) groups excluding carboxylic acids is 1. The largest absolute Gasteiger partial charge is 0.489 e. The van der Waals surface area contributed by atoms with E-state index in [9.17, 15) is 4.79 Å². The molecule has 0 radical (unpaired) electrons. The van der Waals surface area contributed by atoms with Gasteiger partial charge >= 0.3 is 0 Å². The van der Waals surface area contributed by atoms with E-state index < -0.39 is 0 Å². The molecule has 1 rings (SSSR count). The fourth-order valence-corrected chi connectivity index (χ4v) is 1.36. The summed E-state index contributed by atoms with van der Waals surface area (Å²) in [5.74, 6) is 0.431. The summed E-state index contributed by atoms with van der Waals surface area (Å²) in [7, 11) is 0. The highest BCUT2D eigenvalue weighted by Gasteiger charge is 2.09. The first-order valence-electron chi connectivity index (χ1n) is 5.88. The number of para-hydroxylation sites is 1. The van der Waals surface area contributed by atoms with Crippen molar-refractivity contribution in [2.24, 2.45) is 5.73 Å². The van der Waals surface area contributed by atoms with Gasteiger partial charge in [0, 0.05) is 12.1 Å². The maximum absolute atomic E-state index is 10.9. The lowest BCUT2D eigenvalue weighted by molar-refractivity contribution is -0.119. The van der Waals surface area contributed by atoms with Gasteiger partial charge in [0.05, 0.1) is 6.04 Å². The van der Waals surface area contributed by atoms with Gasteiger partial charge in [-0.05, 0) is 25.5 Å². The summed E-state index contributed by atoms with van der Waals surface area (Å²) in [6.07, 6.45) is 0. The summed E-state index contributed by atoms with van der Waals surface area (Å²) in [5.41, 5.74) is 7.15. The predicted molar refractivity (Wildman–Crippen MR) is 72.2 cm³/mol. The molecule has 18 heavy (non-hydrogen) atoms. The van der Waals surface area contributed by atoms with Crippen molar-refractivity contribution in [3.05, 3.63) is 42.0 Å². The third kappa shape index (κ3) is 4.59. The fraction of sp³-hybridized carbons (Fsp3) is 0.357. The number of nitrogens with one attached hydrogen (secondary N) is 1. The van der Waals surface area contributed by atoms with Crippen molar-refractivity contribution in [2.75, 3.05) is 6.61 Å². The van der Waals surface area contributed by atoms with Crippen LogP contribution in [0.15, 0.2) is 36.4 Å². The first-order valence-corrected chi connectivity index (χ1v) is 5.88. The lowest BCUT2D eigenvalue weighted by Gasteiger charge is -2.14. The zero-order valence-electron chi connectivity index (χ0n) is 10.9. The number of amides is 1. The molecular weight excluding hydrogens is 228 g/mol. The van der Waals surface area contributed by atoms with Crippen LogP contribution in [0.3, 0.4) is 0 Å². The Morgan fingerprint density at radius 2 is 2.17 bits per heavy atom. The van der Waals surface area contributed by atoms with E-state index in [1.165, 1.54) is 0 Å². The zero-order valence-corrected chi connectivity index (χ0v) is 10.9. The van der Waals surface area contributed by atoms with Crippen LogP contribution >= 0.6 is 0 Å². The second-order valence-electron chi connectivity index (χ2n) is 4.36. The molecule has 98 valence electrons. The van der Waals surface area contributed by atoms with E-state index in [4.69, 9.17) is 10.5 Å². The van der Waals surface area contributed by atoms with Crippen molar-refractivity contribution in [3.63, 3.8) is 0 Å². The molecule has 4 nitrogen and oxygen atoms in total. The molecule has 0 aromatic heterocycles. The molecular formula is C14H20N2O2. The van der Waals surface area contributed by atoms with E-state index in [0.29, 0.717) is 13.2 Å². The second kappa shape index (κ2) is 6.81. The third-order valence-electron chi connectivity index (χ3n) is 2.47. The summed E-state index contributed by atoms with van der Waals surface area (Å²) in [5, 5.41) is 3.05. The highest BCUT2D eigenvalue weighted by molar-refractivity contribution is 5.79. The second-order valence-corrected chi connectivity index (χ2v) is 4.36. The maximum atomic E-state index is 10.9. The number of rotatable bonds is 7. The van der Waals surface area contributed by atoms with Gasteiger partial charge in [-0.1, -0.05) is 24.8 Å². The van der Waals surface area contributed by atoms with E-state index in [2.05, 4.69) is 11.9 Å². The first-order chi connectivity index (χ1) is 8.50. The van der Waals surface area contributed by atoms with Gasteiger partial charge in [-0.2, -0.15) is 0 Å². The molecule has 1 aromatic rings. The topological polar surface area (TPSA) is 64.3 Å². The van der Waals surface area contributed by atoms with Crippen LogP contribution in [0.4, 0.5) is 0 Å². The highest BCUT2D eigenvalue weighted by Crippen LogP contribution is 2.18. The lowest BCUT2D eigenvalue weighted by atomic mass is 10.2. The number of benzene rings is 1. The van der Waals surface area contributed by atoms with E-state index in [-0.39, 0.29) is 11.9 Å². The predicted octanol–water partition coefficient (Wildman–Crippen LogP) is 1.60. The summed E-state index contributed by atoms with van der Waals surface area (Å²) < 4.78 is 5.64. The molecule has 1 aromatic carbocycles. The summed E-state index contributed by atoms with van der Waals surface area (Å²) >= 11 is 0. The molecule has 0 heterocycles. The van der Waals surface area contributed by atoms with Gasteiger partial charge < -0.3 is 15.8 Å². The molecule has 4 heteroatoms. The van der Waals surface area contributed by atoms with Crippen molar-refractivity contribution >= 4 is 5.91 Å².